The number of benzene rings is 2. The van der Waals surface area contributed by atoms with Gasteiger partial charge in [-0.3, -0.25) is 4.79 Å². The maximum atomic E-state index is 12.9. The van der Waals surface area contributed by atoms with Crippen LogP contribution < -0.4 is 4.74 Å². The molecule has 4 rings (SSSR count). The van der Waals surface area contributed by atoms with Crippen molar-refractivity contribution in [1.29, 1.82) is 0 Å². The van der Waals surface area contributed by atoms with E-state index < -0.39 is 15.4 Å². The molecule has 0 bridgehead atoms. The van der Waals surface area contributed by atoms with Gasteiger partial charge < -0.3 is 14.4 Å². The molecule has 6 nitrogen and oxygen atoms in total. The molecule has 2 aromatic rings. The lowest BCUT2D eigenvalue weighted by Crippen LogP contribution is -2.44. The summed E-state index contributed by atoms with van der Waals surface area (Å²) in [5.74, 6) is 0.498. The van der Waals surface area contributed by atoms with Crippen LogP contribution in [0, 0.1) is 0 Å². The summed E-state index contributed by atoms with van der Waals surface area (Å²) in [6, 6.07) is 14.6. The van der Waals surface area contributed by atoms with Crippen LogP contribution in [0.5, 0.6) is 5.75 Å². The molecule has 0 amide bonds. The van der Waals surface area contributed by atoms with Gasteiger partial charge in [-0.15, -0.1) is 0 Å². The van der Waals surface area contributed by atoms with Crippen LogP contribution in [-0.4, -0.2) is 51.1 Å². The quantitative estimate of drug-likeness (QED) is 0.590. The molecular weight excluding hydrogens is 438 g/mol. The third-order valence-corrected chi connectivity index (χ3v) is 8.14. The summed E-state index contributed by atoms with van der Waals surface area (Å²) in [4.78, 5) is 14.6. The molecule has 2 aliphatic rings. The SMILES string of the molecule is CC(C)(C)OC(=O)CCN1CCC2(CC1)COc1cc(S(=O)(=O)Cc3ccccc3)ccc12. The van der Waals surface area contributed by atoms with Gasteiger partial charge in [0.15, 0.2) is 9.84 Å². The second kappa shape index (κ2) is 9.11. The molecule has 0 saturated carbocycles. The Labute approximate surface area is 196 Å². The van der Waals surface area contributed by atoms with E-state index >= 15 is 0 Å². The molecule has 0 aromatic heterocycles. The van der Waals surface area contributed by atoms with Crippen molar-refractivity contribution in [2.24, 2.45) is 0 Å². The molecule has 2 aromatic carbocycles. The number of nitrogens with zero attached hydrogens (tertiary/aromatic N) is 1. The molecule has 0 aliphatic carbocycles. The lowest BCUT2D eigenvalue weighted by atomic mass is 9.74. The summed E-state index contributed by atoms with van der Waals surface area (Å²) < 4.78 is 37.3. The molecule has 2 aliphatic heterocycles. The van der Waals surface area contributed by atoms with Crippen molar-refractivity contribution in [3.05, 3.63) is 59.7 Å². The molecule has 0 atom stereocenters. The zero-order valence-electron chi connectivity index (χ0n) is 19.7. The predicted molar refractivity (Wildman–Crippen MR) is 127 cm³/mol. The highest BCUT2D eigenvalue weighted by molar-refractivity contribution is 7.90. The van der Waals surface area contributed by atoms with Crippen LogP contribution in [0.1, 0.15) is 51.2 Å². The van der Waals surface area contributed by atoms with Crippen LogP contribution in [0.15, 0.2) is 53.4 Å². The van der Waals surface area contributed by atoms with Gasteiger partial charge in [0.1, 0.15) is 11.4 Å². The number of hydrogen-bond donors (Lipinski definition) is 0. The van der Waals surface area contributed by atoms with E-state index in [0.717, 1.165) is 37.1 Å². The minimum Gasteiger partial charge on any atom is -0.492 e. The summed E-state index contributed by atoms with van der Waals surface area (Å²) in [7, 11) is -3.45. The lowest BCUT2D eigenvalue weighted by Gasteiger charge is -2.38. The summed E-state index contributed by atoms with van der Waals surface area (Å²) >= 11 is 0. The third kappa shape index (κ3) is 5.58. The van der Waals surface area contributed by atoms with Crippen LogP contribution >= 0.6 is 0 Å². The van der Waals surface area contributed by atoms with E-state index in [1.165, 1.54) is 0 Å². The Kier molecular flexibility index (Phi) is 6.56. The molecule has 33 heavy (non-hydrogen) atoms. The zero-order valence-corrected chi connectivity index (χ0v) is 20.5. The first-order valence-electron chi connectivity index (χ1n) is 11.5. The number of hydrogen-bond acceptors (Lipinski definition) is 6. The Bertz CT molecular complexity index is 1100. The van der Waals surface area contributed by atoms with E-state index in [1.807, 2.05) is 57.2 Å². The van der Waals surface area contributed by atoms with Gasteiger partial charge in [0.05, 0.1) is 23.7 Å². The Hall–Kier alpha value is -2.38. The minimum atomic E-state index is -3.45. The molecule has 7 heteroatoms. The smallest absolute Gasteiger partial charge is 0.307 e. The first kappa shape index (κ1) is 23.8. The maximum Gasteiger partial charge on any atom is 0.307 e. The number of rotatable bonds is 6. The molecule has 1 fully saturated rings. The Morgan fingerprint density at radius 2 is 1.79 bits per heavy atom. The van der Waals surface area contributed by atoms with Crippen LogP contribution in [0.4, 0.5) is 0 Å². The van der Waals surface area contributed by atoms with E-state index in [4.69, 9.17) is 9.47 Å². The van der Waals surface area contributed by atoms with Gasteiger partial charge in [-0.1, -0.05) is 36.4 Å². The monoisotopic (exact) mass is 471 g/mol. The highest BCUT2D eigenvalue weighted by Crippen LogP contribution is 2.46. The van der Waals surface area contributed by atoms with Crippen molar-refractivity contribution in [1.82, 2.24) is 4.90 Å². The standard InChI is InChI=1S/C26H33NO5S/c1-25(2,3)32-24(28)11-14-27-15-12-26(13-16-27)19-31-23-17-21(9-10-22(23)26)33(29,30)18-20-7-5-4-6-8-20/h4-10,17H,11-16,18-19H2,1-3H3. The highest BCUT2D eigenvalue weighted by atomic mass is 32.2. The van der Waals surface area contributed by atoms with Crippen molar-refractivity contribution < 1.29 is 22.7 Å². The Balaban J connectivity index is 1.39. The van der Waals surface area contributed by atoms with E-state index in [9.17, 15) is 13.2 Å². The number of fused-ring (bicyclic) bond motifs is 2. The maximum absolute atomic E-state index is 12.9. The van der Waals surface area contributed by atoms with Crippen molar-refractivity contribution in [2.45, 2.75) is 61.7 Å². The van der Waals surface area contributed by atoms with Crippen molar-refractivity contribution in [3.63, 3.8) is 0 Å². The van der Waals surface area contributed by atoms with Gasteiger partial charge in [0, 0.05) is 17.5 Å². The molecule has 0 unspecified atom stereocenters. The number of esters is 1. The molecule has 2 heterocycles. The van der Waals surface area contributed by atoms with Crippen LogP contribution in [0.25, 0.3) is 0 Å². The van der Waals surface area contributed by atoms with Crippen molar-refractivity contribution in [3.8, 4) is 5.75 Å². The van der Waals surface area contributed by atoms with E-state index in [-0.39, 0.29) is 17.1 Å². The van der Waals surface area contributed by atoms with Gasteiger partial charge in [0.25, 0.3) is 0 Å². The fourth-order valence-corrected chi connectivity index (χ4v) is 6.04. The summed E-state index contributed by atoms with van der Waals surface area (Å²) in [6.45, 7) is 8.65. The molecule has 0 radical (unpaired) electrons. The first-order valence-corrected chi connectivity index (χ1v) is 13.2. The molecule has 1 saturated heterocycles. The van der Waals surface area contributed by atoms with Gasteiger partial charge >= 0.3 is 5.97 Å². The van der Waals surface area contributed by atoms with Crippen LogP contribution in [0.2, 0.25) is 0 Å². The third-order valence-electron chi connectivity index (χ3n) is 6.45. The fourth-order valence-electron chi connectivity index (χ4n) is 4.68. The number of ether oxygens (including phenoxy) is 2. The number of likely N-dealkylation sites (tertiary alicyclic amines) is 1. The topological polar surface area (TPSA) is 72.9 Å². The Morgan fingerprint density at radius 3 is 2.45 bits per heavy atom. The lowest BCUT2D eigenvalue weighted by molar-refractivity contribution is -0.155. The molecule has 1 spiro atoms. The predicted octanol–water partition coefficient (Wildman–Crippen LogP) is 4.12. The second-order valence-electron chi connectivity index (χ2n) is 10.1. The van der Waals surface area contributed by atoms with Gasteiger partial charge in [-0.25, -0.2) is 8.42 Å². The zero-order chi connectivity index (χ0) is 23.7. The first-order chi connectivity index (χ1) is 15.6. The largest absolute Gasteiger partial charge is 0.492 e. The molecule has 0 N–H and O–H groups in total. The molecule has 178 valence electrons. The highest BCUT2D eigenvalue weighted by Gasteiger charge is 2.43. The number of sulfone groups is 1. The van der Waals surface area contributed by atoms with Gasteiger partial charge in [0.2, 0.25) is 0 Å². The summed E-state index contributed by atoms with van der Waals surface area (Å²) in [6.07, 6.45) is 2.23. The van der Waals surface area contributed by atoms with Crippen molar-refractivity contribution >= 4 is 15.8 Å². The minimum absolute atomic E-state index is 0.0234. The van der Waals surface area contributed by atoms with Crippen molar-refractivity contribution in [2.75, 3.05) is 26.2 Å². The summed E-state index contributed by atoms with van der Waals surface area (Å²) in [5.41, 5.74) is 1.34. The van der Waals surface area contributed by atoms with E-state index in [2.05, 4.69) is 4.90 Å². The number of carbonyl (C=O) groups excluding carboxylic acids is 1. The second-order valence-corrected chi connectivity index (χ2v) is 12.1. The number of piperidine rings is 1. The normalized spacial score (nSPS) is 18.0. The Morgan fingerprint density at radius 1 is 1.09 bits per heavy atom. The van der Waals surface area contributed by atoms with Gasteiger partial charge in [-0.2, -0.15) is 0 Å². The average Bonchev–Trinajstić information content (AvgIpc) is 3.10. The fraction of sp³-hybridized carbons (Fsp3) is 0.500. The molecular formula is C26H33NO5S. The van der Waals surface area contributed by atoms with E-state index in [0.29, 0.717) is 30.2 Å². The summed E-state index contributed by atoms with van der Waals surface area (Å²) in [5, 5.41) is 0. The number of carbonyl (C=O) groups is 1. The van der Waals surface area contributed by atoms with Crippen LogP contribution in [-0.2, 0) is 30.5 Å². The van der Waals surface area contributed by atoms with E-state index in [1.54, 1.807) is 12.1 Å². The van der Waals surface area contributed by atoms with Gasteiger partial charge in [-0.05, 0) is 64.4 Å². The van der Waals surface area contributed by atoms with Crippen LogP contribution in [0.3, 0.4) is 0 Å². The average molecular weight is 472 g/mol.